The Morgan fingerprint density at radius 2 is 1.94 bits per heavy atom. The van der Waals surface area contributed by atoms with E-state index in [-0.39, 0.29) is 0 Å². The zero-order chi connectivity index (χ0) is 12.8. The number of nitrogens with zero attached hydrogens (tertiary/aromatic N) is 1. The monoisotopic (exact) mass is 254 g/mol. The zero-order valence-corrected chi connectivity index (χ0v) is 12.2. The Morgan fingerprint density at radius 3 is 2.67 bits per heavy atom. The van der Waals surface area contributed by atoms with Gasteiger partial charge in [-0.2, -0.15) is 0 Å². The van der Waals surface area contributed by atoms with Crippen LogP contribution in [0.1, 0.15) is 52.4 Å². The van der Waals surface area contributed by atoms with Crippen LogP contribution in [0.15, 0.2) is 0 Å². The van der Waals surface area contributed by atoms with Crippen molar-refractivity contribution in [2.45, 2.75) is 70.6 Å². The molecule has 2 rings (SSSR count). The van der Waals surface area contributed by atoms with Gasteiger partial charge in [-0.1, -0.05) is 6.92 Å². The van der Waals surface area contributed by atoms with Gasteiger partial charge in [-0.3, -0.25) is 4.90 Å². The Morgan fingerprint density at radius 1 is 1.17 bits per heavy atom. The second-order valence-corrected chi connectivity index (χ2v) is 5.90. The zero-order valence-electron chi connectivity index (χ0n) is 12.2. The molecule has 0 aromatic carbocycles. The molecule has 2 aliphatic rings. The molecule has 0 amide bonds. The van der Waals surface area contributed by atoms with Crippen molar-refractivity contribution in [3.8, 4) is 0 Å². The van der Waals surface area contributed by atoms with Crippen LogP contribution in [0.5, 0.6) is 0 Å². The quantitative estimate of drug-likeness (QED) is 0.737. The standard InChI is InChI=1S/C15H30N2O/c1-3-14-6-5-13(2)17(14)11-4-12-18-15-7-9-16-10-8-15/h13-16H,3-12H2,1-2H3. The summed E-state index contributed by atoms with van der Waals surface area (Å²) in [6, 6.07) is 1.62. The molecule has 0 radical (unpaired) electrons. The number of hydrogen-bond donors (Lipinski definition) is 1. The van der Waals surface area contributed by atoms with Crippen molar-refractivity contribution in [3.63, 3.8) is 0 Å². The van der Waals surface area contributed by atoms with Gasteiger partial charge >= 0.3 is 0 Å². The Hall–Kier alpha value is -0.120. The molecule has 0 saturated carbocycles. The van der Waals surface area contributed by atoms with Crippen LogP contribution in [0.4, 0.5) is 0 Å². The molecule has 3 nitrogen and oxygen atoms in total. The van der Waals surface area contributed by atoms with Crippen LogP contribution in [-0.4, -0.2) is 49.3 Å². The van der Waals surface area contributed by atoms with Gasteiger partial charge in [0, 0.05) is 25.2 Å². The topological polar surface area (TPSA) is 24.5 Å². The summed E-state index contributed by atoms with van der Waals surface area (Å²) in [6.07, 6.45) is 8.18. The molecule has 0 aliphatic carbocycles. The van der Waals surface area contributed by atoms with E-state index in [1.54, 1.807) is 0 Å². The first-order valence-electron chi connectivity index (χ1n) is 7.89. The van der Waals surface area contributed by atoms with Crippen LogP contribution in [0.3, 0.4) is 0 Å². The summed E-state index contributed by atoms with van der Waals surface area (Å²) in [5.74, 6) is 0. The first-order chi connectivity index (χ1) is 8.81. The van der Waals surface area contributed by atoms with Gasteiger partial charge < -0.3 is 10.1 Å². The van der Waals surface area contributed by atoms with Crippen LogP contribution < -0.4 is 5.32 Å². The molecule has 1 N–H and O–H groups in total. The van der Waals surface area contributed by atoms with E-state index >= 15 is 0 Å². The van der Waals surface area contributed by atoms with E-state index in [9.17, 15) is 0 Å². The van der Waals surface area contributed by atoms with Gasteiger partial charge in [0.25, 0.3) is 0 Å². The smallest absolute Gasteiger partial charge is 0.0599 e. The molecule has 0 spiro atoms. The highest BCUT2D eigenvalue weighted by atomic mass is 16.5. The molecule has 3 heteroatoms. The van der Waals surface area contributed by atoms with E-state index in [0.717, 1.165) is 31.8 Å². The number of rotatable bonds is 6. The summed E-state index contributed by atoms with van der Waals surface area (Å²) in [4.78, 5) is 2.70. The largest absolute Gasteiger partial charge is 0.378 e. The van der Waals surface area contributed by atoms with E-state index in [0.29, 0.717) is 6.10 Å². The van der Waals surface area contributed by atoms with E-state index in [2.05, 4.69) is 24.1 Å². The number of piperidine rings is 1. The average Bonchev–Trinajstić information content (AvgIpc) is 2.77. The van der Waals surface area contributed by atoms with Crippen LogP contribution in [0.2, 0.25) is 0 Å². The molecule has 2 saturated heterocycles. The highest BCUT2D eigenvalue weighted by Crippen LogP contribution is 2.25. The molecule has 2 fully saturated rings. The molecule has 0 aromatic heterocycles. The van der Waals surface area contributed by atoms with Gasteiger partial charge in [-0.25, -0.2) is 0 Å². The molecule has 0 aromatic rings. The molecule has 2 aliphatic heterocycles. The molecule has 2 atom stereocenters. The summed E-state index contributed by atoms with van der Waals surface area (Å²) in [7, 11) is 0. The first-order valence-corrected chi connectivity index (χ1v) is 7.89. The van der Waals surface area contributed by atoms with Gasteiger partial charge in [0.05, 0.1) is 6.10 Å². The second kappa shape index (κ2) is 7.46. The summed E-state index contributed by atoms with van der Waals surface area (Å²) >= 11 is 0. The fourth-order valence-electron chi connectivity index (χ4n) is 3.43. The van der Waals surface area contributed by atoms with Gasteiger partial charge in [-0.15, -0.1) is 0 Å². The molecule has 0 bridgehead atoms. The van der Waals surface area contributed by atoms with Crippen molar-refractivity contribution in [1.29, 1.82) is 0 Å². The molecular formula is C15H30N2O. The van der Waals surface area contributed by atoms with E-state index in [1.165, 1.54) is 45.1 Å². The maximum Gasteiger partial charge on any atom is 0.0599 e. The average molecular weight is 254 g/mol. The Bertz CT molecular complexity index is 229. The predicted octanol–water partition coefficient (Wildman–Crippen LogP) is 2.41. The van der Waals surface area contributed by atoms with Crippen LogP contribution in [0.25, 0.3) is 0 Å². The molecule has 2 heterocycles. The number of nitrogens with one attached hydrogen (secondary N) is 1. The van der Waals surface area contributed by atoms with Crippen molar-refractivity contribution >= 4 is 0 Å². The molecule has 106 valence electrons. The maximum absolute atomic E-state index is 5.98. The lowest BCUT2D eigenvalue weighted by Crippen LogP contribution is -2.36. The molecule has 18 heavy (non-hydrogen) atoms. The fourth-order valence-corrected chi connectivity index (χ4v) is 3.43. The summed E-state index contributed by atoms with van der Waals surface area (Å²) < 4.78 is 5.98. The van der Waals surface area contributed by atoms with Crippen molar-refractivity contribution in [2.24, 2.45) is 0 Å². The van der Waals surface area contributed by atoms with Crippen LogP contribution >= 0.6 is 0 Å². The lowest BCUT2D eigenvalue weighted by molar-refractivity contribution is 0.0257. The number of hydrogen-bond acceptors (Lipinski definition) is 3. The van der Waals surface area contributed by atoms with Gasteiger partial charge in [0.1, 0.15) is 0 Å². The minimum atomic E-state index is 0.518. The first kappa shape index (κ1) is 14.3. The molecular weight excluding hydrogens is 224 g/mol. The normalized spacial score (nSPS) is 31.0. The summed E-state index contributed by atoms with van der Waals surface area (Å²) in [5, 5.41) is 3.38. The van der Waals surface area contributed by atoms with E-state index < -0.39 is 0 Å². The Kier molecular flexibility index (Phi) is 5.93. The minimum Gasteiger partial charge on any atom is -0.378 e. The van der Waals surface area contributed by atoms with Crippen molar-refractivity contribution in [1.82, 2.24) is 10.2 Å². The minimum absolute atomic E-state index is 0.518. The number of likely N-dealkylation sites (tertiary alicyclic amines) is 1. The van der Waals surface area contributed by atoms with Crippen LogP contribution in [-0.2, 0) is 4.74 Å². The van der Waals surface area contributed by atoms with Gasteiger partial charge in [0.2, 0.25) is 0 Å². The second-order valence-electron chi connectivity index (χ2n) is 5.90. The predicted molar refractivity (Wildman–Crippen MR) is 75.9 cm³/mol. The van der Waals surface area contributed by atoms with E-state index in [1.807, 2.05) is 0 Å². The van der Waals surface area contributed by atoms with Crippen LogP contribution in [0, 0.1) is 0 Å². The third-order valence-corrected chi connectivity index (χ3v) is 4.62. The highest BCUT2D eigenvalue weighted by molar-refractivity contribution is 4.84. The van der Waals surface area contributed by atoms with Crippen molar-refractivity contribution in [2.75, 3.05) is 26.2 Å². The molecule has 2 unspecified atom stereocenters. The van der Waals surface area contributed by atoms with E-state index in [4.69, 9.17) is 4.74 Å². The Labute approximate surface area is 112 Å². The number of ether oxygens (including phenoxy) is 1. The SMILES string of the molecule is CCC1CCC(C)N1CCCOC1CCNCC1. The van der Waals surface area contributed by atoms with Crippen molar-refractivity contribution < 1.29 is 4.74 Å². The third-order valence-electron chi connectivity index (χ3n) is 4.62. The third kappa shape index (κ3) is 3.94. The lowest BCUT2D eigenvalue weighted by Gasteiger charge is -2.28. The summed E-state index contributed by atoms with van der Waals surface area (Å²) in [6.45, 7) is 9.14. The Balaban J connectivity index is 1.59. The summed E-state index contributed by atoms with van der Waals surface area (Å²) in [5.41, 5.74) is 0. The van der Waals surface area contributed by atoms with Gasteiger partial charge in [0.15, 0.2) is 0 Å². The lowest BCUT2D eigenvalue weighted by atomic mass is 10.1. The van der Waals surface area contributed by atoms with Gasteiger partial charge in [-0.05, 0) is 58.5 Å². The van der Waals surface area contributed by atoms with Crippen molar-refractivity contribution in [3.05, 3.63) is 0 Å². The maximum atomic E-state index is 5.98. The highest BCUT2D eigenvalue weighted by Gasteiger charge is 2.28. The fraction of sp³-hybridized carbons (Fsp3) is 1.00.